The highest BCUT2D eigenvalue weighted by Gasteiger charge is 2.14. The molecule has 0 radical (unpaired) electrons. The van der Waals surface area contributed by atoms with E-state index in [0.717, 1.165) is 18.6 Å². The highest BCUT2D eigenvalue weighted by atomic mass is 16.5. The lowest BCUT2D eigenvalue weighted by Crippen LogP contribution is -2.12. The van der Waals surface area contributed by atoms with Crippen molar-refractivity contribution in [2.24, 2.45) is 5.73 Å². The van der Waals surface area contributed by atoms with Crippen LogP contribution in [-0.2, 0) is 11.2 Å². The molecule has 0 amide bonds. The Hall–Kier alpha value is -1.92. The van der Waals surface area contributed by atoms with Gasteiger partial charge in [-0.05, 0) is 25.0 Å². The van der Waals surface area contributed by atoms with Crippen LogP contribution in [0.5, 0.6) is 5.75 Å². The number of para-hydroxylation sites is 1. The van der Waals surface area contributed by atoms with Gasteiger partial charge in [-0.1, -0.05) is 23.4 Å². The summed E-state index contributed by atoms with van der Waals surface area (Å²) in [5.74, 6) is 1.92. The van der Waals surface area contributed by atoms with Crippen LogP contribution in [0.25, 0.3) is 0 Å². The fraction of sp³-hybridized carbons (Fsp3) is 0.467. The summed E-state index contributed by atoms with van der Waals surface area (Å²) < 4.78 is 15.8. The second-order valence-corrected chi connectivity index (χ2v) is 4.70. The van der Waals surface area contributed by atoms with Gasteiger partial charge in [0.2, 0.25) is 5.89 Å². The molecule has 0 saturated heterocycles. The lowest BCUT2D eigenvalue weighted by Gasteiger charge is -2.05. The molecule has 0 bridgehead atoms. The average Bonchev–Trinajstić information content (AvgIpc) is 2.97. The molecule has 6 nitrogen and oxygen atoms in total. The number of aromatic nitrogens is 2. The summed E-state index contributed by atoms with van der Waals surface area (Å²) >= 11 is 0. The summed E-state index contributed by atoms with van der Waals surface area (Å²) in [6.45, 7) is 1.18. The molecular formula is C15H21N3O3. The van der Waals surface area contributed by atoms with Gasteiger partial charge in [0.1, 0.15) is 5.75 Å². The minimum absolute atomic E-state index is 0.239. The Bertz CT molecular complexity index is 516. The van der Waals surface area contributed by atoms with Gasteiger partial charge in [-0.2, -0.15) is 4.98 Å². The first kappa shape index (κ1) is 15.5. The van der Waals surface area contributed by atoms with Crippen molar-refractivity contribution < 1.29 is 14.0 Å². The summed E-state index contributed by atoms with van der Waals surface area (Å²) in [5.41, 5.74) is 5.99. The van der Waals surface area contributed by atoms with Gasteiger partial charge in [-0.3, -0.25) is 0 Å². The molecule has 2 N–H and O–H groups in total. The lowest BCUT2D eigenvalue weighted by molar-refractivity contribution is 0.188. The molecule has 0 aliphatic rings. The van der Waals surface area contributed by atoms with E-state index in [4.69, 9.17) is 19.7 Å². The van der Waals surface area contributed by atoms with Gasteiger partial charge in [0, 0.05) is 20.1 Å². The van der Waals surface area contributed by atoms with Gasteiger partial charge >= 0.3 is 0 Å². The van der Waals surface area contributed by atoms with Crippen molar-refractivity contribution in [3.05, 3.63) is 42.0 Å². The number of hydrogen-bond donors (Lipinski definition) is 1. The second kappa shape index (κ2) is 8.39. The van der Waals surface area contributed by atoms with Crippen LogP contribution in [0, 0.1) is 0 Å². The first-order valence-electron chi connectivity index (χ1n) is 7.04. The number of hydrogen-bond acceptors (Lipinski definition) is 6. The number of ether oxygens (including phenoxy) is 2. The van der Waals surface area contributed by atoms with E-state index in [9.17, 15) is 0 Å². The number of rotatable bonds is 9. The second-order valence-electron chi connectivity index (χ2n) is 4.70. The summed E-state index contributed by atoms with van der Waals surface area (Å²) in [4.78, 5) is 4.30. The number of nitrogens with two attached hydrogens (primary N) is 1. The molecule has 114 valence electrons. The Morgan fingerprint density at radius 2 is 2.05 bits per heavy atom. The summed E-state index contributed by atoms with van der Waals surface area (Å²) in [6.07, 6.45) is 2.21. The number of benzene rings is 1. The van der Waals surface area contributed by atoms with Gasteiger partial charge in [-0.15, -0.1) is 0 Å². The maximum Gasteiger partial charge on any atom is 0.243 e. The van der Waals surface area contributed by atoms with Crippen LogP contribution in [0.1, 0.15) is 30.6 Å². The Morgan fingerprint density at radius 1 is 1.24 bits per heavy atom. The fourth-order valence-electron chi connectivity index (χ4n) is 1.87. The quantitative estimate of drug-likeness (QED) is 0.712. The van der Waals surface area contributed by atoms with Crippen molar-refractivity contribution >= 4 is 0 Å². The molecule has 0 spiro atoms. The smallest absolute Gasteiger partial charge is 0.243 e. The van der Waals surface area contributed by atoms with Crippen molar-refractivity contribution in [2.45, 2.75) is 25.3 Å². The van der Waals surface area contributed by atoms with Gasteiger partial charge in [-0.25, -0.2) is 0 Å². The van der Waals surface area contributed by atoms with Crippen LogP contribution in [0.2, 0.25) is 0 Å². The van der Waals surface area contributed by atoms with E-state index in [2.05, 4.69) is 10.1 Å². The van der Waals surface area contributed by atoms with E-state index in [-0.39, 0.29) is 6.04 Å². The molecule has 2 aromatic rings. The summed E-state index contributed by atoms with van der Waals surface area (Å²) in [6, 6.07) is 9.39. The van der Waals surface area contributed by atoms with Crippen LogP contribution in [0.4, 0.5) is 0 Å². The Morgan fingerprint density at radius 3 is 2.81 bits per heavy atom. The van der Waals surface area contributed by atoms with Crippen LogP contribution < -0.4 is 10.5 Å². The molecule has 1 unspecified atom stereocenters. The van der Waals surface area contributed by atoms with E-state index in [0.29, 0.717) is 31.3 Å². The predicted molar refractivity (Wildman–Crippen MR) is 78.0 cm³/mol. The molecule has 6 heteroatoms. The standard InChI is InChI=1S/C15H21N3O3/c1-19-10-5-8-13(16)15-17-14(18-21-15)9-11-20-12-6-3-2-4-7-12/h2-4,6-7,13H,5,8-11,16H2,1H3. The predicted octanol–water partition coefficient (Wildman–Crippen LogP) is 2.12. The zero-order valence-corrected chi connectivity index (χ0v) is 12.2. The topological polar surface area (TPSA) is 83.4 Å². The molecule has 1 aromatic heterocycles. The molecule has 0 aliphatic heterocycles. The lowest BCUT2D eigenvalue weighted by atomic mass is 10.2. The van der Waals surface area contributed by atoms with Crippen molar-refractivity contribution in [3.8, 4) is 5.75 Å². The molecule has 1 aromatic carbocycles. The normalized spacial score (nSPS) is 12.3. The monoisotopic (exact) mass is 291 g/mol. The van der Waals surface area contributed by atoms with Crippen molar-refractivity contribution in [2.75, 3.05) is 20.3 Å². The average molecular weight is 291 g/mol. The van der Waals surface area contributed by atoms with Gasteiger partial charge < -0.3 is 19.7 Å². The van der Waals surface area contributed by atoms with Crippen molar-refractivity contribution in [1.29, 1.82) is 0 Å². The fourth-order valence-corrected chi connectivity index (χ4v) is 1.87. The number of nitrogens with zero attached hydrogens (tertiary/aromatic N) is 2. The first-order chi connectivity index (χ1) is 10.3. The Balaban J connectivity index is 1.75. The first-order valence-corrected chi connectivity index (χ1v) is 7.04. The van der Waals surface area contributed by atoms with E-state index < -0.39 is 0 Å². The Labute approximate surface area is 124 Å². The minimum atomic E-state index is -0.239. The molecule has 0 aliphatic carbocycles. The van der Waals surface area contributed by atoms with E-state index >= 15 is 0 Å². The van der Waals surface area contributed by atoms with Crippen molar-refractivity contribution in [3.63, 3.8) is 0 Å². The zero-order chi connectivity index (χ0) is 14.9. The van der Waals surface area contributed by atoms with E-state index in [1.165, 1.54) is 0 Å². The van der Waals surface area contributed by atoms with E-state index in [1.807, 2.05) is 30.3 Å². The highest BCUT2D eigenvalue weighted by molar-refractivity contribution is 5.20. The van der Waals surface area contributed by atoms with Crippen molar-refractivity contribution in [1.82, 2.24) is 10.1 Å². The number of methoxy groups -OCH3 is 1. The zero-order valence-electron chi connectivity index (χ0n) is 12.2. The maximum absolute atomic E-state index is 5.99. The molecule has 1 atom stereocenters. The molecule has 0 saturated carbocycles. The SMILES string of the molecule is COCCCC(N)c1nc(CCOc2ccccc2)no1. The molecule has 2 rings (SSSR count). The largest absolute Gasteiger partial charge is 0.493 e. The summed E-state index contributed by atoms with van der Waals surface area (Å²) in [5, 5.41) is 3.92. The van der Waals surface area contributed by atoms with Crippen LogP contribution in [-0.4, -0.2) is 30.5 Å². The molecule has 0 fully saturated rings. The highest BCUT2D eigenvalue weighted by Crippen LogP contribution is 2.14. The molecule has 21 heavy (non-hydrogen) atoms. The Kier molecular flexibility index (Phi) is 6.18. The van der Waals surface area contributed by atoms with Gasteiger partial charge in [0.15, 0.2) is 5.82 Å². The summed E-state index contributed by atoms with van der Waals surface area (Å²) in [7, 11) is 1.67. The minimum Gasteiger partial charge on any atom is -0.493 e. The van der Waals surface area contributed by atoms with Crippen LogP contribution >= 0.6 is 0 Å². The third-order valence-corrected chi connectivity index (χ3v) is 3.00. The van der Waals surface area contributed by atoms with Gasteiger partial charge in [0.25, 0.3) is 0 Å². The third-order valence-electron chi connectivity index (χ3n) is 3.00. The molecule has 1 heterocycles. The molecular weight excluding hydrogens is 270 g/mol. The van der Waals surface area contributed by atoms with Crippen LogP contribution in [0.15, 0.2) is 34.9 Å². The third kappa shape index (κ3) is 5.17. The maximum atomic E-state index is 5.99. The van der Waals surface area contributed by atoms with Crippen LogP contribution in [0.3, 0.4) is 0 Å². The van der Waals surface area contributed by atoms with E-state index in [1.54, 1.807) is 7.11 Å². The van der Waals surface area contributed by atoms with Gasteiger partial charge in [0.05, 0.1) is 12.6 Å².